The third kappa shape index (κ3) is 4.56. The molecule has 0 radical (unpaired) electrons. The number of sulfonamides is 1. The molecule has 5 heteroatoms. The predicted molar refractivity (Wildman–Crippen MR) is 107 cm³/mol. The number of hydrogen-bond donors (Lipinski definition) is 0. The molecule has 140 valence electrons. The Bertz CT molecular complexity index is 945. The van der Waals surface area contributed by atoms with E-state index in [1.807, 2.05) is 67.6 Å². The van der Waals surface area contributed by atoms with Crippen LogP contribution >= 0.6 is 0 Å². The largest absolute Gasteiger partial charge is 0.496 e. The van der Waals surface area contributed by atoms with Crippen molar-refractivity contribution in [2.45, 2.75) is 24.9 Å². The van der Waals surface area contributed by atoms with E-state index in [1.54, 1.807) is 25.3 Å². The van der Waals surface area contributed by atoms with E-state index in [9.17, 15) is 8.42 Å². The highest BCUT2D eigenvalue weighted by molar-refractivity contribution is 7.89. The van der Waals surface area contributed by atoms with Gasteiger partial charge in [-0.3, -0.25) is 0 Å². The summed E-state index contributed by atoms with van der Waals surface area (Å²) in [6.45, 7) is 2.46. The second-order valence-electron chi connectivity index (χ2n) is 6.38. The first kappa shape index (κ1) is 19.1. The molecule has 0 N–H and O–H groups in total. The van der Waals surface area contributed by atoms with Crippen LogP contribution in [0.15, 0.2) is 83.8 Å². The molecule has 3 aromatic rings. The summed E-state index contributed by atoms with van der Waals surface area (Å²) in [5.41, 5.74) is 2.68. The summed E-state index contributed by atoms with van der Waals surface area (Å²) in [5.74, 6) is 0.673. The maximum Gasteiger partial charge on any atom is 0.243 e. The van der Waals surface area contributed by atoms with E-state index >= 15 is 0 Å². The van der Waals surface area contributed by atoms with Crippen LogP contribution in [-0.2, 0) is 23.1 Å². The Morgan fingerprint density at radius 2 is 1.33 bits per heavy atom. The van der Waals surface area contributed by atoms with Gasteiger partial charge in [0.1, 0.15) is 5.75 Å². The SMILES string of the molecule is COc1ccc(S(=O)(=O)N(Cc2ccccc2)Cc2ccccc2)cc1C. The minimum absolute atomic E-state index is 0.271. The van der Waals surface area contributed by atoms with Gasteiger partial charge < -0.3 is 4.74 Å². The second kappa shape index (κ2) is 8.37. The number of nitrogens with zero attached hydrogens (tertiary/aromatic N) is 1. The molecule has 27 heavy (non-hydrogen) atoms. The molecule has 4 nitrogen and oxygen atoms in total. The minimum Gasteiger partial charge on any atom is -0.496 e. The first-order valence-electron chi connectivity index (χ1n) is 8.73. The van der Waals surface area contributed by atoms with E-state index in [1.165, 1.54) is 4.31 Å². The fraction of sp³-hybridized carbons (Fsp3) is 0.182. The van der Waals surface area contributed by atoms with Crippen LogP contribution in [0.25, 0.3) is 0 Å². The van der Waals surface area contributed by atoms with Gasteiger partial charge in [-0.1, -0.05) is 60.7 Å². The zero-order valence-corrected chi connectivity index (χ0v) is 16.3. The lowest BCUT2D eigenvalue weighted by Crippen LogP contribution is -2.30. The van der Waals surface area contributed by atoms with Gasteiger partial charge in [-0.05, 0) is 41.8 Å². The van der Waals surface area contributed by atoms with Crippen LogP contribution in [0.5, 0.6) is 5.75 Å². The van der Waals surface area contributed by atoms with Crippen LogP contribution in [0.2, 0.25) is 0 Å². The number of hydrogen-bond acceptors (Lipinski definition) is 3. The first-order valence-corrected chi connectivity index (χ1v) is 10.2. The number of rotatable bonds is 7. The Labute approximate surface area is 161 Å². The standard InChI is InChI=1S/C22H23NO3S/c1-18-15-21(13-14-22(18)26-2)27(24,25)23(16-19-9-5-3-6-10-19)17-20-11-7-4-8-12-20/h3-15H,16-17H2,1-2H3. The van der Waals surface area contributed by atoms with E-state index in [2.05, 4.69) is 0 Å². The average molecular weight is 381 g/mol. The summed E-state index contributed by atoms with van der Waals surface area (Å²) in [6, 6.07) is 24.2. The number of aryl methyl sites for hydroxylation is 1. The topological polar surface area (TPSA) is 46.6 Å². The van der Waals surface area contributed by atoms with Gasteiger partial charge in [0.25, 0.3) is 0 Å². The molecule has 3 rings (SSSR count). The van der Waals surface area contributed by atoms with Gasteiger partial charge in [-0.25, -0.2) is 8.42 Å². The van der Waals surface area contributed by atoms with Crippen LogP contribution in [0.4, 0.5) is 0 Å². The summed E-state index contributed by atoms with van der Waals surface area (Å²) in [5, 5.41) is 0. The summed E-state index contributed by atoms with van der Waals surface area (Å²) < 4.78 is 33.5. The maximum absolute atomic E-state index is 13.4. The molecule has 0 amide bonds. The Morgan fingerprint density at radius 1 is 0.815 bits per heavy atom. The smallest absolute Gasteiger partial charge is 0.243 e. The lowest BCUT2D eigenvalue weighted by molar-refractivity contribution is 0.400. The lowest BCUT2D eigenvalue weighted by atomic mass is 10.2. The van der Waals surface area contributed by atoms with Crippen molar-refractivity contribution in [1.29, 1.82) is 0 Å². The lowest BCUT2D eigenvalue weighted by Gasteiger charge is -2.23. The highest BCUT2D eigenvalue weighted by Gasteiger charge is 2.25. The molecule has 0 bridgehead atoms. The second-order valence-corrected chi connectivity index (χ2v) is 8.31. The van der Waals surface area contributed by atoms with E-state index in [4.69, 9.17) is 4.74 Å². The van der Waals surface area contributed by atoms with E-state index in [0.717, 1.165) is 16.7 Å². The maximum atomic E-state index is 13.4. The summed E-state index contributed by atoms with van der Waals surface area (Å²) >= 11 is 0. The number of ether oxygens (including phenoxy) is 1. The molecular formula is C22H23NO3S. The van der Waals surface area contributed by atoms with Crippen molar-refractivity contribution in [3.8, 4) is 5.75 Å². The molecule has 0 saturated heterocycles. The van der Waals surface area contributed by atoms with Crippen LogP contribution < -0.4 is 4.74 Å². The third-order valence-electron chi connectivity index (χ3n) is 4.41. The highest BCUT2D eigenvalue weighted by Crippen LogP contribution is 2.26. The van der Waals surface area contributed by atoms with Gasteiger partial charge in [0.2, 0.25) is 10.0 Å². The van der Waals surface area contributed by atoms with Crippen LogP contribution in [0.3, 0.4) is 0 Å². The Hall–Kier alpha value is -2.63. The van der Waals surface area contributed by atoms with Crippen molar-refractivity contribution in [3.63, 3.8) is 0 Å². The summed E-state index contributed by atoms with van der Waals surface area (Å²) in [7, 11) is -2.09. The summed E-state index contributed by atoms with van der Waals surface area (Å²) in [6.07, 6.45) is 0. The summed E-state index contributed by atoms with van der Waals surface area (Å²) in [4.78, 5) is 0.271. The molecule has 0 unspecified atom stereocenters. The molecule has 0 atom stereocenters. The predicted octanol–water partition coefficient (Wildman–Crippen LogP) is 4.39. The average Bonchev–Trinajstić information content (AvgIpc) is 2.69. The van der Waals surface area contributed by atoms with Gasteiger partial charge in [0.15, 0.2) is 0 Å². The van der Waals surface area contributed by atoms with Crippen molar-refractivity contribution in [1.82, 2.24) is 4.31 Å². The van der Waals surface area contributed by atoms with Crippen LogP contribution in [0.1, 0.15) is 16.7 Å². The fourth-order valence-electron chi connectivity index (χ4n) is 2.96. The zero-order chi connectivity index (χ0) is 19.3. The van der Waals surface area contributed by atoms with Gasteiger partial charge >= 0.3 is 0 Å². The Morgan fingerprint density at radius 3 is 1.78 bits per heavy atom. The molecule has 0 saturated carbocycles. The zero-order valence-electron chi connectivity index (χ0n) is 15.5. The van der Waals surface area contributed by atoms with Gasteiger partial charge in [0.05, 0.1) is 12.0 Å². The molecule has 0 heterocycles. The van der Waals surface area contributed by atoms with Gasteiger partial charge in [-0.15, -0.1) is 0 Å². The van der Waals surface area contributed by atoms with Crippen LogP contribution in [-0.4, -0.2) is 19.8 Å². The Balaban J connectivity index is 1.98. The molecule has 0 fully saturated rings. The number of methoxy groups -OCH3 is 1. The quantitative estimate of drug-likeness (QED) is 0.610. The molecule has 0 aliphatic carbocycles. The number of benzene rings is 3. The van der Waals surface area contributed by atoms with E-state index in [0.29, 0.717) is 18.8 Å². The fourth-order valence-corrected chi connectivity index (χ4v) is 4.46. The van der Waals surface area contributed by atoms with E-state index < -0.39 is 10.0 Å². The Kier molecular flexibility index (Phi) is 5.94. The van der Waals surface area contributed by atoms with E-state index in [-0.39, 0.29) is 4.90 Å². The molecule has 0 spiro atoms. The van der Waals surface area contributed by atoms with Gasteiger partial charge in [0, 0.05) is 13.1 Å². The monoisotopic (exact) mass is 381 g/mol. The van der Waals surface area contributed by atoms with Crippen molar-refractivity contribution in [3.05, 3.63) is 95.6 Å². The van der Waals surface area contributed by atoms with Gasteiger partial charge in [-0.2, -0.15) is 4.31 Å². The molecule has 0 aliphatic heterocycles. The molecule has 3 aromatic carbocycles. The minimum atomic E-state index is -3.67. The van der Waals surface area contributed by atoms with Crippen molar-refractivity contribution < 1.29 is 13.2 Å². The molecular weight excluding hydrogens is 358 g/mol. The third-order valence-corrected chi connectivity index (χ3v) is 6.20. The highest BCUT2D eigenvalue weighted by atomic mass is 32.2. The van der Waals surface area contributed by atoms with Crippen molar-refractivity contribution in [2.24, 2.45) is 0 Å². The normalized spacial score (nSPS) is 11.5. The molecule has 0 aromatic heterocycles. The first-order chi connectivity index (χ1) is 13.0. The van der Waals surface area contributed by atoms with Crippen molar-refractivity contribution >= 4 is 10.0 Å². The van der Waals surface area contributed by atoms with Crippen LogP contribution in [0, 0.1) is 6.92 Å². The molecule has 0 aliphatic rings. The van der Waals surface area contributed by atoms with Crippen molar-refractivity contribution in [2.75, 3.05) is 7.11 Å².